The van der Waals surface area contributed by atoms with Gasteiger partial charge in [-0.2, -0.15) is 0 Å². The van der Waals surface area contributed by atoms with Gasteiger partial charge in [-0.1, -0.05) is 6.92 Å². The topological polar surface area (TPSA) is 78.9 Å². The summed E-state index contributed by atoms with van der Waals surface area (Å²) in [6, 6.07) is 1.94. The number of ether oxygens (including phenoxy) is 3. The van der Waals surface area contributed by atoms with Gasteiger partial charge in [0, 0.05) is 0 Å². The molecule has 0 spiro atoms. The van der Waals surface area contributed by atoms with Gasteiger partial charge in [-0.05, 0) is 42.8 Å². The third kappa shape index (κ3) is 7.19. The average molecular weight is 608 g/mol. The van der Waals surface area contributed by atoms with Gasteiger partial charge < -0.3 is 14.2 Å². The third-order valence-electron chi connectivity index (χ3n) is 5.94. The van der Waals surface area contributed by atoms with Crippen LogP contribution >= 0.6 is 0 Å². The largest absolute Gasteiger partial charge is 0.461 e. The minimum absolute atomic E-state index is 0.189. The number of hydrogen-bond donors (Lipinski definition) is 0. The monoisotopic (exact) mass is 608 g/mol. The summed E-state index contributed by atoms with van der Waals surface area (Å²) in [6.07, 6.45) is -0.189. The molecule has 3 aromatic rings. The van der Waals surface area contributed by atoms with Crippen molar-refractivity contribution < 1.29 is 68.1 Å². The molecular weight excluding hydrogens is 591 g/mol. The van der Waals surface area contributed by atoms with Crippen LogP contribution in [0.4, 0.5) is 39.5 Å². The zero-order valence-electron chi connectivity index (χ0n) is 21.1. The van der Waals surface area contributed by atoms with Gasteiger partial charge in [0.2, 0.25) is 0 Å². The Morgan fingerprint density at radius 2 is 0.714 bits per heavy atom. The van der Waals surface area contributed by atoms with E-state index in [-0.39, 0.29) is 6.42 Å². The molecule has 0 aromatic heterocycles. The lowest BCUT2D eigenvalue weighted by Crippen LogP contribution is -2.39. The Hall–Kier alpha value is -4.56. The number of hydrogen-bond acceptors (Lipinski definition) is 6. The fourth-order valence-electron chi connectivity index (χ4n) is 3.36. The van der Waals surface area contributed by atoms with Crippen LogP contribution in [-0.2, 0) is 14.2 Å². The Balaban J connectivity index is 1.84. The minimum Gasteiger partial charge on any atom is -0.461 e. The molecule has 0 atom stereocenters. The molecule has 0 N–H and O–H groups in total. The van der Waals surface area contributed by atoms with Gasteiger partial charge in [0.05, 0.1) is 22.1 Å². The molecule has 0 unspecified atom stereocenters. The molecule has 0 bridgehead atoms. The SMILES string of the molecule is CCC(COC(=O)c1cc(F)c(F)c(F)c1)(COC(=O)c1cc(F)c(F)c(F)c1)COC(=O)c1cc(F)c(F)c(F)c1. The van der Waals surface area contributed by atoms with E-state index >= 15 is 0 Å². The Kier molecular flexibility index (Phi) is 9.86. The molecule has 0 heterocycles. The standard InChI is InChI=1S/C27H17F9O6/c1-2-27(9-40-24(37)12-3-15(28)21(34)16(29)4-12,10-41-25(38)13-5-17(30)22(35)18(31)6-13)11-42-26(39)14-7-19(32)23(36)20(33)8-14/h3-8H,2,9-11H2,1H3. The van der Waals surface area contributed by atoms with E-state index in [2.05, 4.69) is 0 Å². The van der Waals surface area contributed by atoms with Gasteiger partial charge in [-0.15, -0.1) is 0 Å². The molecule has 0 aliphatic rings. The van der Waals surface area contributed by atoms with Gasteiger partial charge in [-0.25, -0.2) is 53.9 Å². The predicted molar refractivity (Wildman–Crippen MR) is 123 cm³/mol. The number of benzene rings is 3. The van der Waals surface area contributed by atoms with Gasteiger partial charge in [0.15, 0.2) is 52.4 Å². The summed E-state index contributed by atoms with van der Waals surface area (Å²) in [5.74, 6) is -20.1. The van der Waals surface area contributed by atoms with Crippen LogP contribution in [0.5, 0.6) is 0 Å². The summed E-state index contributed by atoms with van der Waals surface area (Å²) >= 11 is 0. The van der Waals surface area contributed by atoms with Crippen LogP contribution in [0, 0.1) is 57.8 Å². The van der Waals surface area contributed by atoms with E-state index in [4.69, 9.17) is 14.2 Å². The number of esters is 3. The van der Waals surface area contributed by atoms with Gasteiger partial charge in [-0.3, -0.25) is 0 Å². The van der Waals surface area contributed by atoms with Crippen LogP contribution < -0.4 is 0 Å². The summed E-state index contributed by atoms with van der Waals surface area (Å²) in [4.78, 5) is 37.3. The van der Waals surface area contributed by atoms with Gasteiger partial charge in [0.25, 0.3) is 0 Å². The summed E-state index contributed by atoms with van der Waals surface area (Å²) in [6.45, 7) is -1.15. The molecule has 0 amide bonds. The normalized spacial score (nSPS) is 11.3. The zero-order chi connectivity index (χ0) is 31.4. The molecule has 224 valence electrons. The van der Waals surface area contributed by atoms with Crippen LogP contribution in [0.25, 0.3) is 0 Å². The van der Waals surface area contributed by atoms with E-state index in [1.165, 1.54) is 6.92 Å². The molecule has 0 aliphatic carbocycles. The molecule has 0 saturated carbocycles. The van der Waals surface area contributed by atoms with Crippen LogP contribution in [-0.4, -0.2) is 37.7 Å². The van der Waals surface area contributed by atoms with Crippen molar-refractivity contribution in [2.24, 2.45) is 5.41 Å². The van der Waals surface area contributed by atoms with E-state index in [1.54, 1.807) is 0 Å². The van der Waals surface area contributed by atoms with Crippen molar-refractivity contribution in [2.45, 2.75) is 13.3 Å². The van der Waals surface area contributed by atoms with Crippen LogP contribution in [0.2, 0.25) is 0 Å². The fraction of sp³-hybridized carbons (Fsp3) is 0.222. The van der Waals surface area contributed by atoms with Gasteiger partial charge in [0.1, 0.15) is 19.8 Å². The molecule has 0 saturated heterocycles. The second kappa shape index (κ2) is 13.0. The molecule has 6 nitrogen and oxygen atoms in total. The maximum atomic E-state index is 13.6. The number of carbonyl (C=O) groups excluding carboxylic acids is 3. The first kappa shape index (κ1) is 32.0. The van der Waals surface area contributed by atoms with Crippen molar-refractivity contribution in [2.75, 3.05) is 19.8 Å². The van der Waals surface area contributed by atoms with Crippen LogP contribution in [0.3, 0.4) is 0 Å². The summed E-state index contributed by atoms with van der Waals surface area (Å²) in [5.41, 5.74) is -4.06. The highest BCUT2D eigenvalue weighted by Gasteiger charge is 2.35. The van der Waals surface area contributed by atoms with E-state index in [0.717, 1.165) is 0 Å². The van der Waals surface area contributed by atoms with E-state index in [0.29, 0.717) is 36.4 Å². The second-order valence-electron chi connectivity index (χ2n) is 8.84. The zero-order valence-corrected chi connectivity index (χ0v) is 21.1. The Labute approximate surface area is 230 Å². The number of carbonyl (C=O) groups is 3. The summed E-state index contributed by atoms with van der Waals surface area (Å²) in [7, 11) is 0. The molecular formula is C27H17F9O6. The van der Waals surface area contributed by atoms with Crippen molar-refractivity contribution in [3.05, 3.63) is 105 Å². The van der Waals surface area contributed by atoms with E-state index in [1.807, 2.05) is 0 Å². The lowest BCUT2D eigenvalue weighted by molar-refractivity contribution is -0.0382. The molecule has 0 aliphatic heterocycles. The minimum atomic E-state index is -1.87. The average Bonchev–Trinajstić information content (AvgIpc) is 2.95. The fourth-order valence-corrected chi connectivity index (χ4v) is 3.36. The quantitative estimate of drug-likeness (QED) is 0.118. The first-order valence-electron chi connectivity index (χ1n) is 11.6. The van der Waals surface area contributed by atoms with Crippen molar-refractivity contribution in [1.82, 2.24) is 0 Å². The Morgan fingerprint density at radius 3 is 0.905 bits per heavy atom. The summed E-state index contributed by atoms with van der Waals surface area (Å²) < 4.78 is 136. The number of rotatable bonds is 10. The van der Waals surface area contributed by atoms with Crippen molar-refractivity contribution in [3.63, 3.8) is 0 Å². The van der Waals surface area contributed by atoms with Crippen molar-refractivity contribution in [3.8, 4) is 0 Å². The van der Waals surface area contributed by atoms with Crippen molar-refractivity contribution in [1.29, 1.82) is 0 Å². The lowest BCUT2D eigenvalue weighted by atomic mass is 9.88. The highest BCUT2D eigenvalue weighted by Crippen LogP contribution is 2.27. The smallest absolute Gasteiger partial charge is 0.338 e. The molecule has 42 heavy (non-hydrogen) atoms. The van der Waals surface area contributed by atoms with E-state index in [9.17, 15) is 53.9 Å². The van der Waals surface area contributed by atoms with Crippen LogP contribution in [0.15, 0.2) is 36.4 Å². The highest BCUT2D eigenvalue weighted by molar-refractivity contribution is 5.90. The molecule has 15 heteroatoms. The molecule has 3 aromatic carbocycles. The van der Waals surface area contributed by atoms with Crippen LogP contribution in [0.1, 0.15) is 44.4 Å². The maximum absolute atomic E-state index is 13.6. The predicted octanol–water partition coefficient (Wildman–Crippen LogP) is 6.21. The second-order valence-corrected chi connectivity index (χ2v) is 8.84. The Bertz CT molecular complexity index is 1300. The number of halogens is 9. The molecule has 0 radical (unpaired) electrons. The van der Waals surface area contributed by atoms with Gasteiger partial charge >= 0.3 is 17.9 Å². The first-order chi connectivity index (χ1) is 19.7. The lowest BCUT2D eigenvalue weighted by Gasteiger charge is -2.31. The van der Waals surface area contributed by atoms with E-state index < -0.39 is 112 Å². The summed E-state index contributed by atoms with van der Waals surface area (Å²) in [5, 5.41) is 0. The Morgan fingerprint density at radius 1 is 0.500 bits per heavy atom. The van der Waals surface area contributed by atoms with Crippen molar-refractivity contribution >= 4 is 17.9 Å². The molecule has 0 fully saturated rings. The first-order valence-corrected chi connectivity index (χ1v) is 11.6. The maximum Gasteiger partial charge on any atom is 0.338 e. The third-order valence-corrected chi connectivity index (χ3v) is 5.94. The highest BCUT2D eigenvalue weighted by atomic mass is 19.2. The molecule has 3 rings (SSSR count).